The molecule has 48 heavy (non-hydrogen) atoms. The van der Waals surface area contributed by atoms with E-state index in [0.717, 1.165) is 0 Å². The fourth-order valence-electron chi connectivity index (χ4n) is 6.17. The molecule has 21 heteroatoms. The van der Waals surface area contributed by atoms with Crippen LogP contribution in [0.25, 0.3) is 0 Å². The van der Waals surface area contributed by atoms with E-state index in [1.807, 2.05) is 0 Å². The topological polar surface area (TPSA) is 315 Å². The van der Waals surface area contributed by atoms with Crippen LogP contribution in [0.2, 0.25) is 0 Å². The number of ether oxygens (including phenoxy) is 10. The molecule has 11 N–H and O–H groups in total. The Morgan fingerprint density at radius 3 is 1.17 bits per heavy atom. The Morgan fingerprint density at radius 2 is 0.729 bits per heavy atom. The molecule has 4 fully saturated rings. The van der Waals surface area contributed by atoms with Gasteiger partial charge in [0.05, 0.1) is 26.4 Å². The zero-order chi connectivity index (χ0) is 35.4. The number of hydrogen-bond donors (Lipinski definition) is 11. The van der Waals surface area contributed by atoms with Gasteiger partial charge in [0.25, 0.3) is 0 Å². The highest BCUT2D eigenvalue weighted by Crippen LogP contribution is 2.34. The van der Waals surface area contributed by atoms with Gasteiger partial charge in [-0.05, 0) is 0 Å². The van der Waals surface area contributed by atoms with E-state index >= 15 is 0 Å². The van der Waals surface area contributed by atoms with Crippen molar-refractivity contribution >= 4 is 0 Å². The van der Waals surface area contributed by atoms with E-state index in [1.165, 1.54) is 21.3 Å². The Bertz CT molecular complexity index is 960. The van der Waals surface area contributed by atoms with Crippen molar-refractivity contribution in [2.45, 2.75) is 123 Å². The molecule has 0 aromatic rings. The van der Waals surface area contributed by atoms with Gasteiger partial charge in [0, 0.05) is 21.3 Å². The molecular formula is C27H48O21. The van der Waals surface area contributed by atoms with Crippen LogP contribution in [0.15, 0.2) is 0 Å². The van der Waals surface area contributed by atoms with Gasteiger partial charge in [-0.25, -0.2) is 0 Å². The van der Waals surface area contributed by atoms with E-state index in [2.05, 4.69) is 0 Å². The van der Waals surface area contributed by atoms with Crippen LogP contribution in [0.3, 0.4) is 0 Å². The molecule has 4 heterocycles. The van der Waals surface area contributed by atoms with E-state index in [-0.39, 0.29) is 0 Å². The van der Waals surface area contributed by atoms with Crippen LogP contribution < -0.4 is 0 Å². The molecule has 4 saturated heterocycles. The lowest BCUT2D eigenvalue weighted by Gasteiger charge is -2.48. The van der Waals surface area contributed by atoms with Gasteiger partial charge in [-0.3, -0.25) is 0 Å². The summed E-state index contributed by atoms with van der Waals surface area (Å²) in [4.78, 5) is 0. The fourth-order valence-corrected chi connectivity index (χ4v) is 6.17. The van der Waals surface area contributed by atoms with E-state index in [1.54, 1.807) is 0 Å². The maximum absolute atomic E-state index is 11.3. The molecule has 4 aliphatic heterocycles. The van der Waals surface area contributed by atoms with Crippen LogP contribution in [-0.2, 0) is 47.4 Å². The summed E-state index contributed by atoms with van der Waals surface area (Å²) in [6.45, 7) is -2.71. The summed E-state index contributed by atoms with van der Waals surface area (Å²) < 4.78 is 54.8. The average molecular weight is 709 g/mol. The highest BCUT2D eigenvalue weighted by Gasteiger charge is 2.54. The van der Waals surface area contributed by atoms with Gasteiger partial charge in [0.2, 0.25) is 0 Å². The normalized spacial score (nSPS) is 50.4. The summed E-state index contributed by atoms with van der Waals surface area (Å²) in [6, 6.07) is 0. The van der Waals surface area contributed by atoms with Crippen LogP contribution in [-0.4, -0.2) is 227 Å². The summed E-state index contributed by atoms with van der Waals surface area (Å²) >= 11 is 0. The van der Waals surface area contributed by atoms with Gasteiger partial charge >= 0.3 is 0 Å². The summed E-state index contributed by atoms with van der Waals surface area (Å²) in [5.74, 6) is 0. The van der Waals surface area contributed by atoms with E-state index < -0.39 is 149 Å². The summed E-state index contributed by atoms with van der Waals surface area (Å²) in [7, 11) is 3.65. The molecule has 20 atom stereocenters. The van der Waals surface area contributed by atoms with Crippen molar-refractivity contribution in [2.75, 3.05) is 47.8 Å². The third-order valence-corrected chi connectivity index (χ3v) is 8.89. The van der Waals surface area contributed by atoms with Crippen LogP contribution in [0.1, 0.15) is 0 Å². The predicted octanol–water partition coefficient (Wildman–Crippen LogP) is -7.79. The molecule has 0 spiro atoms. The standard InChI is InChI=1S/C27H48O21/c1-39-20-8(4-28)44-25(17(36)12(20)31)42-7-11-23(48-26-18(37)13(32)21(40-2)9(5-29)45-26)15(34)19(38)27(46-11)47-22-10(6-30)43-24(41-3)16(35)14(22)33/h8-38H,4-7H2,1-3H3/t8?,9?,10?,11?,12-,13-,14-,15-,16?,17?,18?,19?,20-,21-,22-,23-,24+,25+,26-,27-/m1/s1. The average Bonchev–Trinajstić information content (AvgIpc) is 3.09. The third-order valence-electron chi connectivity index (χ3n) is 8.89. The molecule has 0 bridgehead atoms. The Labute approximate surface area is 274 Å². The van der Waals surface area contributed by atoms with Gasteiger partial charge < -0.3 is 104 Å². The third kappa shape index (κ3) is 8.12. The lowest BCUT2D eigenvalue weighted by molar-refractivity contribution is -0.384. The molecule has 0 amide bonds. The Hall–Kier alpha value is -0.840. The Balaban J connectivity index is 1.57. The highest BCUT2D eigenvalue weighted by atomic mass is 16.8. The summed E-state index contributed by atoms with van der Waals surface area (Å²) in [6.07, 6.45) is -31.3. The molecule has 4 rings (SSSR count). The van der Waals surface area contributed by atoms with Crippen LogP contribution >= 0.6 is 0 Å². The molecule has 0 radical (unpaired) electrons. The van der Waals surface area contributed by atoms with Gasteiger partial charge in [-0.15, -0.1) is 0 Å². The van der Waals surface area contributed by atoms with E-state index in [4.69, 9.17) is 47.4 Å². The van der Waals surface area contributed by atoms with Crippen molar-refractivity contribution in [2.24, 2.45) is 0 Å². The van der Waals surface area contributed by atoms with E-state index in [9.17, 15) is 56.2 Å². The van der Waals surface area contributed by atoms with Crippen molar-refractivity contribution in [3.8, 4) is 0 Å². The number of methoxy groups -OCH3 is 3. The smallest absolute Gasteiger partial charge is 0.187 e. The van der Waals surface area contributed by atoms with Crippen molar-refractivity contribution in [3.05, 3.63) is 0 Å². The van der Waals surface area contributed by atoms with Gasteiger partial charge in [0.1, 0.15) is 97.7 Å². The fraction of sp³-hybridized carbons (Fsp3) is 1.00. The first-order valence-corrected chi connectivity index (χ1v) is 15.3. The molecular weight excluding hydrogens is 660 g/mol. The predicted molar refractivity (Wildman–Crippen MR) is 148 cm³/mol. The monoisotopic (exact) mass is 708 g/mol. The molecule has 0 aromatic heterocycles. The molecule has 21 nitrogen and oxygen atoms in total. The largest absolute Gasteiger partial charge is 0.394 e. The Kier molecular flexibility index (Phi) is 14.6. The minimum atomic E-state index is -1.99. The number of hydrogen-bond acceptors (Lipinski definition) is 21. The first-order chi connectivity index (χ1) is 22.9. The maximum atomic E-state index is 11.3. The minimum Gasteiger partial charge on any atom is -0.394 e. The van der Waals surface area contributed by atoms with Crippen molar-refractivity contribution < 1.29 is 104 Å². The molecule has 0 aromatic carbocycles. The minimum absolute atomic E-state index is 0.629. The first-order valence-electron chi connectivity index (χ1n) is 15.3. The number of aliphatic hydroxyl groups excluding tert-OH is 11. The lowest BCUT2D eigenvalue weighted by atomic mass is 9.96. The molecule has 0 saturated carbocycles. The second kappa shape index (κ2) is 17.6. The van der Waals surface area contributed by atoms with Gasteiger partial charge in [-0.1, -0.05) is 0 Å². The number of aliphatic hydroxyl groups is 11. The van der Waals surface area contributed by atoms with Gasteiger partial charge in [-0.2, -0.15) is 0 Å². The maximum Gasteiger partial charge on any atom is 0.187 e. The van der Waals surface area contributed by atoms with Crippen molar-refractivity contribution in [1.82, 2.24) is 0 Å². The second-order valence-corrected chi connectivity index (χ2v) is 11.8. The zero-order valence-corrected chi connectivity index (χ0v) is 26.4. The zero-order valence-electron chi connectivity index (χ0n) is 26.4. The first kappa shape index (κ1) is 39.9. The quantitative estimate of drug-likeness (QED) is 0.0846. The van der Waals surface area contributed by atoms with Crippen molar-refractivity contribution in [3.63, 3.8) is 0 Å². The lowest BCUT2D eigenvalue weighted by Crippen LogP contribution is -2.67. The summed E-state index contributed by atoms with van der Waals surface area (Å²) in [5.41, 5.74) is 0. The number of rotatable bonds is 13. The highest BCUT2D eigenvalue weighted by molar-refractivity contribution is 4.97. The Morgan fingerprint density at radius 1 is 0.396 bits per heavy atom. The summed E-state index contributed by atoms with van der Waals surface area (Å²) in [5, 5.41) is 115. The second-order valence-electron chi connectivity index (χ2n) is 11.8. The van der Waals surface area contributed by atoms with Crippen LogP contribution in [0.4, 0.5) is 0 Å². The molecule has 0 aliphatic carbocycles. The van der Waals surface area contributed by atoms with Gasteiger partial charge in [0.15, 0.2) is 25.2 Å². The van der Waals surface area contributed by atoms with Crippen LogP contribution in [0.5, 0.6) is 0 Å². The van der Waals surface area contributed by atoms with Crippen molar-refractivity contribution in [1.29, 1.82) is 0 Å². The molecule has 8 unspecified atom stereocenters. The van der Waals surface area contributed by atoms with E-state index in [0.29, 0.717) is 0 Å². The van der Waals surface area contributed by atoms with Crippen LogP contribution in [0, 0.1) is 0 Å². The SMILES string of the molecule is CO[C@H]1OC(CO)[C@@H](O[C@H]2OC(CO[C@H]3OC(CO)[C@@H](OC)[C@H](O)C3O)[C@@H](O[C@H]3OC(CO)[C@@H](OC)[C@H](O)C3O)[C@H](O)C2O)[C@H](O)C1O. The molecule has 4 aliphatic rings. The molecule has 282 valence electrons.